The summed E-state index contributed by atoms with van der Waals surface area (Å²) in [7, 11) is 1.67. The summed E-state index contributed by atoms with van der Waals surface area (Å²) in [5.41, 5.74) is 1.56. The number of hydrogen-bond donors (Lipinski definition) is 0. The van der Waals surface area contributed by atoms with E-state index in [-0.39, 0.29) is 11.7 Å². The van der Waals surface area contributed by atoms with Gasteiger partial charge in [-0.15, -0.1) is 10.2 Å². The quantitative estimate of drug-likeness (QED) is 0.717. The summed E-state index contributed by atoms with van der Waals surface area (Å²) in [4.78, 5) is 15.4. The molecular formula is C18H18FN5O. The van der Waals surface area contributed by atoms with Crippen LogP contribution in [0.5, 0.6) is 0 Å². The molecule has 0 N–H and O–H groups in total. The van der Waals surface area contributed by atoms with E-state index in [1.54, 1.807) is 26.1 Å². The standard InChI is InChI=1S/C18H18FN5O/c1-13(18(25)23(2)12-14-7-6-10-16(19)11-14)24-21-17(20-22-24)15-8-4-3-5-9-15/h3-11,13H,12H2,1-2H3. The molecule has 0 aliphatic heterocycles. The summed E-state index contributed by atoms with van der Waals surface area (Å²) in [5, 5.41) is 12.3. The van der Waals surface area contributed by atoms with Crippen molar-refractivity contribution in [2.24, 2.45) is 0 Å². The number of carbonyl (C=O) groups is 1. The van der Waals surface area contributed by atoms with Crippen LogP contribution in [-0.2, 0) is 11.3 Å². The first-order valence-corrected chi connectivity index (χ1v) is 7.89. The molecule has 0 saturated carbocycles. The number of amides is 1. The minimum Gasteiger partial charge on any atom is -0.340 e. The van der Waals surface area contributed by atoms with Crippen LogP contribution in [0.3, 0.4) is 0 Å². The fraction of sp³-hybridized carbons (Fsp3) is 0.222. The minimum absolute atomic E-state index is 0.179. The minimum atomic E-state index is -0.608. The zero-order chi connectivity index (χ0) is 17.8. The molecule has 1 heterocycles. The van der Waals surface area contributed by atoms with Gasteiger partial charge in [0.15, 0.2) is 0 Å². The Bertz CT molecular complexity index is 865. The number of benzene rings is 2. The van der Waals surface area contributed by atoms with Gasteiger partial charge in [-0.3, -0.25) is 4.79 Å². The van der Waals surface area contributed by atoms with Crippen molar-refractivity contribution in [1.29, 1.82) is 0 Å². The van der Waals surface area contributed by atoms with Crippen molar-refractivity contribution in [2.75, 3.05) is 7.05 Å². The third kappa shape index (κ3) is 3.88. The van der Waals surface area contributed by atoms with Gasteiger partial charge in [0.05, 0.1) is 0 Å². The van der Waals surface area contributed by atoms with E-state index in [4.69, 9.17) is 0 Å². The van der Waals surface area contributed by atoms with Crippen LogP contribution in [0.15, 0.2) is 54.6 Å². The van der Waals surface area contributed by atoms with Crippen LogP contribution in [-0.4, -0.2) is 38.1 Å². The van der Waals surface area contributed by atoms with Crippen molar-refractivity contribution in [1.82, 2.24) is 25.1 Å². The number of hydrogen-bond acceptors (Lipinski definition) is 4. The van der Waals surface area contributed by atoms with Gasteiger partial charge in [0, 0.05) is 19.2 Å². The van der Waals surface area contributed by atoms with Crippen LogP contribution in [0, 0.1) is 5.82 Å². The zero-order valence-corrected chi connectivity index (χ0v) is 14.0. The maximum Gasteiger partial charge on any atom is 0.249 e. The van der Waals surface area contributed by atoms with Gasteiger partial charge in [0.2, 0.25) is 11.7 Å². The number of rotatable bonds is 5. The molecule has 1 aromatic heterocycles. The maximum atomic E-state index is 13.3. The molecule has 2 aromatic carbocycles. The normalized spacial score (nSPS) is 12.0. The highest BCUT2D eigenvalue weighted by Gasteiger charge is 2.22. The third-order valence-electron chi connectivity index (χ3n) is 3.85. The molecule has 3 aromatic rings. The Morgan fingerprint density at radius 2 is 1.96 bits per heavy atom. The average Bonchev–Trinajstić information content (AvgIpc) is 3.11. The van der Waals surface area contributed by atoms with Crippen molar-refractivity contribution in [3.8, 4) is 11.4 Å². The van der Waals surface area contributed by atoms with Crippen molar-refractivity contribution in [3.05, 3.63) is 66.0 Å². The van der Waals surface area contributed by atoms with Gasteiger partial charge < -0.3 is 4.90 Å². The summed E-state index contributed by atoms with van der Waals surface area (Å²) in [6.07, 6.45) is 0. The zero-order valence-electron chi connectivity index (χ0n) is 14.0. The first kappa shape index (κ1) is 16.8. The van der Waals surface area contributed by atoms with E-state index >= 15 is 0 Å². The van der Waals surface area contributed by atoms with Gasteiger partial charge in [-0.2, -0.15) is 4.80 Å². The third-order valence-corrected chi connectivity index (χ3v) is 3.85. The van der Waals surface area contributed by atoms with E-state index in [2.05, 4.69) is 15.4 Å². The highest BCUT2D eigenvalue weighted by molar-refractivity contribution is 5.79. The van der Waals surface area contributed by atoms with Gasteiger partial charge in [0.1, 0.15) is 11.9 Å². The van der Waals surface area contributed by atoms with Gasteiger partial charge in [-0.1, -0.05) is 42.5 Å². The van der Waals surface area contributed by atoms with E-state index < -0.39 is 6.04 Å². The number of nitrogens with zero attached hydrogens (tertiary/aromatic N) is 5. The molecule has 128 valence electrons. The van der Waals surface area contributed by atoms with E-state index in [0.29, 0.717) is 12.4 Å². The number of likely N-dealkylation sites (N-methyl/N-ethyl adjacent to an activating group) is 1. The average molecular weight is 339 g/mol. The second-order valence-corrected chi connectivity index (χ2v) is 5.80. The smallest absolute Gasteiger partial charge is 0.249 e. The molecule has 0 bridgehead atoms. The van der Waals surface area contributed by atoms with Gasteiger partial charge in [-0.25, -0.2) is 4.39 Å². The molecule has 1 atom stereocenters. The van der Waals surface area contributed by atoms with Crippen molar-refractivity contribution in [2.45, 2.75) is 19.5 Å². The molecular weight excluding hydrogens is 321 g/mol. The molecule has 1 amide bonds. The Balaban J connectivity index is 1.71. The lowest BCUT2D eigenvalue weighted by Crippen LogP contribution is -2.33. The highest BCUT2D eigenvalue weighted by atomic mass is 19.1. The van der Waals surface area contributed by atoms with Crippen LogP contribution in [0.2, 0.25) is 0 Å². The van der Waals surface area contributed by atoms with E-state index in [0.717, 1.165) is 11.1 Å². The molecule has 25 heavy (non-hydrogen) atoms. The Morgan fingerprint density at radius 1 is 1.20 bits per heavy atom. The van der Waals surface area contributed by atoms with Crippen LogP contribution in [0.25, 0.3) is 11.4 Å². The molecule has 0 spiro atoms. The molecule has 0 aliphatic carbocycles. The number of aromatic nitrogens is 4. The number of tetrazole rings is 1. The highest BCUT2D eigenvalue weighted by Crippen LogP contribution is 2.15. The molecule has 1 unspecified atom stereocenters. The molecule has 0 aliphatic rings. The van der Waals surface area contributed by atoms with Crippen LogP contribution < -0.4 is 0 Å². The molecule has 6 nitrogen and oxygen atoms in total. The summed E-state index contributed by atoms with van der Waals surface area (Å²) in [5.74, 6) is -0.0360. The van der Waals surface area contributed by atoms with Crippen LogP contribution in [0.4, 0.5) is 4.39 Å². The first-order chi connectivity index (χ1) is 12.0. The van der Waals surface area contributed by atoms with Crippen molar-refractivity contribution >= 4 is 5.91 Å². The summed E-state index contributed by atoms with van der Waals surface area (Å²) < 4.78 is 13.3. The Hall–Kier alpha value is -3.09. The van der Waals surface area contributed by atoms with Gasteiger partial charge >= 0.3 is 0 Å². The predicted molar refractivity (Wildman–Crippen MR) is 90.8 cm³/mol. The maximum absolute atomic E-state index is 13.3. The fourth-order valence-electron chi connectivity index (χ4n) is 2.50. The first-order valence-electron chi connectivity index (χ1n) is 7.89. The Kier molecular flexibility index (Phi) is 4.83. The van der Waals surface area contributed by atoms with E-state index in [1.165, 1.54) is 21.8 Å². The van der Waals surface area contributed by atoms with Crippen molar-refractivity contribution < 1.29 is 9.18 Å². The monoisotopic (exact) mass is 339 g/mol. The lowest BCUT2D eigenvalue weighted by Gasteiger charge is -2.20. The number of carbonyl (C=O) groups excluding carboxylic acids is 1. The van der Waals surface area contributed by atoms with E-state index in [1.807, 2.05) is 30.3 Å². The van der Waals surface area contributed by atoms with E-state index in [9.17, 15) is 9.18 Å². The second kappa shape index (κ2) is 7.21. The van der Waals surface area contributed by atoms with Crippen LogP contribution in [0.1, 0.15) is 18.5 Å². The van der Waals surface area contributed by atoms with Crippen LogP contribution >= 0.6 is 0 Å². The largest absolute Gasteiger partial charge is 0.340 e. The Morgan fingerprint density at radius 3 is 2.68 bits per heavy atom. The molecule has 7 heteroatoms. The van der Waals surface area contributed by atoms with Gasteiger partial charge in [0.25, 0.3) is 0 Å². The lowest BCUT2D eigenvalue weighted by atomic mass is 10.2. The molecule has 0 saturated heterocycles. The van der Waals surface area contributed by atoms with Crippen molar-refractivity contribution in [3.63, 3.8) is 0 Å². The SMILES string of the molecule is CC(C(=O)N(C)Cc1cccc(F)c1)n1nnc(-c2ccccc2)n1. The Labute approximate surface area is 144 Å². The summed E-state index contributed by atoms with van der Waals surface area (Å²) in [6, 6.07) is 15.0. The van der Waals surface area contributed by atoms with Gasteiger partial charge in [-0.05, 0) is 29.8 Å². The molecule has 0 fully saturated rings. The second-order valence-electron chi connectivity index (χ2n) is 5.80. The molecule has 0 radical (unpaired) electrons. The fourth-order valence-corrected chi connectivity index (χ4v) is 2.50. The number of halogens is 1. The lowest BCUT2D eigenvalue weighted by molar-refractivity contribution is -0.134. The topological polar surface area (TPSA) is 63.9 Å². The predicted octanol–water partition coefficient (Wildman–Crippen LogP) is 2.70. The summed E-state index contributed by atoms with van der Waals surface area (Å²) in [6.45, 7) is 2.02. The molecule has 3 rings (SSSR count). The summed E-state index contributed by atoms with van der Waals surface area (Å²) >= 11 is 0.